The summed E-state index contributed by atoms with van der Waals surface area (Å²) < 4.78 is 5.46. The predicted molar refractivity (Wildman–Crippen MR) is 73.9 cm³/mol. The zero-order valence-electron chi connectivity index (χ0n) is 11.8. The van der Waals surface area contributed by atoms with Crippen molar-refractivity contribution in [3.05, 3.63) is 0 Å². The maximum atomic E-state index is 11.8. The summed E-state index contributed by atoms with van der Waals surface area (Å²) in [5.74, 6) is 1.32. The highest BCUT2D eigenvalue weighted by Gasteiger charge is 2.29. The third-order valence-electron chi connectivity index (χ3n) is 5.11. The maximum Gasteiger partial charge on any atom is 0.223 e. The van der Waals surface area contributed by atoms with Crippen LogP contribution in [0.1, 0.15) is 38.5 Å². The first-order valence-corrected chi connectivity index (χ1v) is 7.92. The Hall–Kier alpha value is -0.610. The smallest absolute Gasteiger partial charge is 0.223 e. The van der Waals surface area contributed by atoms with Gasteiger partial charge in [-0.05, 0) is 51.1 Å². The molecule has 4 heteroatoms. The highest BCUT2D eigenvalue weighted by Crippen LogP contribution is 2.26. The molecule has 1 saturated carbocycles. The molecule has 0 unspecified atom stereocenters. The fourth-order valence-electron chi connectivity index (χ4n) is 3.39. The van der Waals surface area contributed by atoms with E-state index in [-0.39, 0.29) is 0 Å². The quantitative estimate of drug-likeness (QED) is 0.836. The minimum absolute atomic E-state index is 0.304. The summed E-state index contributed by atoms with van der Waals surface area (Å²) in [6.07, 6.45) is 7.09. The van der Waals surface area contributed by atoms with E-state index in [2.05, 4.69) is 10.2 Å². The first-order valence-electron chi connectivity index (χ1n) is 7.92. The van der Waals surface area contributed by atoms with Crippen LogP contribution >= 0.6 is 0 Å². The van der Waals surface area contributed by atoms with Crippen molar-refractivity contribution in [3.8, 4) is 0 Å². The molecule has 0 aromatic heterocycles. The summed E-state index contributed by atoms with van der Waals surface area (Å²) in [5, 5.41) is 3.16. The fraction of sp³-hybridized carbons (Fsp3) is 0.933. The molecule has 2 heterocycles. The zero-order valence-corrected chi connectivity index (χ0v) is 11.8. The molecule has 1 amide bonds. The van der Waals surface area contributed by atoms with E-state index in [9.17, 15) is 4.79 Å². The number of ether oxygens (including phenoxy) is 1. The molecule has 0 bridgehead atoms. The van der Waals surface area contributed by atoms with Gasteiger partial charge in [0, 0.05) is 25.1 Å². The highest BCUT2D eigenvalue weighted by molar-refractivity contribution is 5.79. The van der Waals surface area contributed by atoms with Gasteiger partial charge in [0.1, 0.15) is 0 Å². The van der Waals surface area contributed by atoms with Crippen LogP contribution in [0.4, 0.5) is 0 Å². The van der Waals surface area contributed by atoms with Gasteiger partial charge in [-0.2, -0.15) is 0 Å². The van der Waals surface area contributed by atoms with E-state index in [1.165, 1.54) is 38.8 Å². The molecular formula is C15H26N2O2. The van der Waals surface area contributed by atoms with Crippen LogP contribution in [0.15, 0.2) is 0 Å². The summed E-state index contributed by atoms with van der Waals surface area (Å²) in [6, 6.07) is 0.658. The van der Waals surface area contributed by atoms with Crippen LogP contribution in [0.5, 0.6) is 0 Å². The standard InChI is InChI=1S/C15H26N2O2/c18-15(13-2-1-3-13)16-10-12-4-7-17(8-5-12)14-6-9-19-11-14/h12-14H,1-11H2,(H,16,18)/t14-/m1/s1. The third-order valence-corrected chi connectivity index (χ3v) is 5.11. The van der Waals surface area contributed by atoms with Gasteiger partial charge in [0.25, 0.3) is 0 Å². The molecule has 0 spiro atoms. The number of nitrogens with one attached hydrogen (secondary N) is 1. The molecule has 0 aromatic rings. The second-order valence-corrected chi connectivity index (χ2v) is 6.37. The molecular weight excluding hydrogens is 240 g/mol. The Morgan fingerprint density at radius 1 is 1.16 bits per heavy atom. The number of piperidine rings is 1. The minimum atomic E-state index is 0.304. The average Bonchev–Trinajstić information content (AvgIpc) is 2.89. The molecule has 1 N–H and O–H groups in total. The fourth-order valence-corrected chi connectivity index (χ4v) is 3.39. The van der Waals surface area contributed by atoms with E-state index in [0.29, 0.717) is 23.8 Å². The van der Waals surface area contributed by atoms with Crippen molar-refractivity contribution in [2.24, 2.45) is 11.8 Å². The molecule has 2 aliphatic heterocycles. The first-order chi connectivity index (χ1) is 9.33. The van der Waals surface area contributed by atoms with Crippen LogP contribution in [-0.4, -0.2) is 49.7 Å². The molecule has 4 nitrogen and oxygen atoms in total. The van der Waals surface area contributed by atoms with Crippen LogP contribution in [0.3, 0.4) is 0 Å². The van der Waals surface area contributed by atoms with E-state index < -0.39 is 0 Å². The van der Waals surface area contributed by atoms with Crippen LogP contribution in [0, 0.1) is 11.8 Å². The number of rotatable bonds is 4. The van der Waals surface area contributed by atoms with Gasteiger partial charge in [0.15, 0.2) is 0 Å². The van der Waals surface area contributed by atoms with Crippen molar-refractivity contribution in [2.75, 3.05) is 32.8 Å². The van der Waals surface area contributed by atoms with Crippen molar-refractivity contribution >= 4 is 5.91 Å². The monoisotopic (exact) mass is 266 g/mol. The normalized spacial score (nSPS) is 30.2. The van der Waals surface area contributed by atoms with Crippen molar-refractivity contribution in [1.82, 2.24) is 10.2 Å². The van der Waals surface area contributed by atoms with Crippen LogP contribution in [0.25, 0.3) is 0 Å². The Balaban J connectivity index is 1.34. The van der Waals surface area contributed by atoms with Gasteiger partial charge >= 0.3 is 0 Å². The molecule has 108 valence electrons. The lowest BCUT2D eigenvalue weighted by atomic mass is 9.84. The van der Waals surface area contributed by atoms with Gasteiger partial charge in [0.05, 0.1) is 6.61 Å². The van der Waals surface area contributed by atoms with Crippen LogP contribution in [-0.2, 0) is 9.53 Å². The van der Waals surface area contributed by atoms with Gasteiger partial charge in [-0.25, -0.2) is 0 Å². The second kappa shape index (κ2) is 6.23. The van der Waals surface area contributed by atoms with Crippen molar-refractivity contribution in [3.63, 3.8) is 0 Å². The van der Waals surface area contributed by atoms with E-state index in [1.54, 1.807) is 0 Å². The summed E-state index contributed by atoms with van der Waals surface area (Å²) in [6.45, 7) is 5.10. The maximum absolute atomic E-state index is 11.8. The SMILES string of the molecule is O=C(NCC1CCN([C@@H]2CCOC2)CC1)C1CCC1. The predicted octanol–water partition coefficient (Wildman–Crippen LogP) is 1.40. The molecule has 3 rings (SSSR count). The van der Waals surface area contributed by atoms with Crippen molar-refractivity contribution < 1.29 is 9.53 Å². The van der Waals surface area contributed by atoms with Gasteiger partial charge in [-0.1, -0.05) is 6.42 Å². The second-order valence-electron chi connectivity index (χ2n) is 6.37. The Labute approximate surface area is 115 Å². The lowest BCUT2D eigenvalue weighted by Crippen LogP contribution is -2.44. The van der Waals surface area contributed by atoms with E-state index >= 15 is 0 Å². The topological polar surface area (TPSA) is 41.6 Å². The molecule has 1 aliphatic carbocycles. The summed E-state index contributed by atoms with van der Waals surface area (Å²) in [5.41, 5.74) is 0. The van der Waals surface area contributed by atoms with Gasteiger partial charge in [-0.15, -0.1) is 0 Å². The number of hydrogen-bond acceptors (Lipinski definition) is 3. The summed E-state index contributed by atoms with van der Waals surface area (Å²) in [4.78, 5) is 14.4. The number of nitrogens with zero attached hydrogens (tertiary/aromatic N) is 1. The molecule has 2 saturated heterocycles. The molecule has 1 atom stereocenters. The average molecular weight is 266 g/mol. The first kappa shape index (κ1) is 13.4. The lowest BCUT2D eigenvalue weighted by Gasteiger charge is -2.35. The molecule has 0 aromatic carbocycles. The number of carbonyl (C=O) groups is 1. The Bertz CT molecular complexity index is 303. The molecule has 0 radical (unpaired) electrons. The van der Waals surface area contributed by atoms with Crippen molar-refractivity contribution in [2.45, 2.75) is 44.6 Å². The Kier molecular flexibility index (Phi) is 4.38. The third kappa shape index (κ3) is 3.29. The number of amides is 1. The van der Waals surface area contributed by atoms with E-state index in [0.717, 1.165) is 32.6 Å². The van der Waals surface area contributed by atoms with Gasteiger partial charge in [0.2, 0.25) is 5.91 Å². The number of carbonyl (C=O) groups excluding carboxylic acids is 1. The van der Waals surface area contributed by atoms with E-state index in [4.69, 9.17) is 4.74 Å². The molecule has 3 aliphatic rings. The van der Waals surface area contributed by atoms with Crippen LogP contribution in [0.2, 0.25) is 0 Å². The molecule has 3 fully saturated rings. The van der Waals surface area contributed by atoms with Crippen LogP contribution < -0.4 is 5.32 Å². The lowest BCUT2D eigenvalue weighted by molar-refractivity contribution is -0.127. The van der Waals surface area contributed by atoms with Gasteiger partial charge < -0.3 is 10.1 Å². The Morgan fingerprint density at radius 2 is 1.95 bits per heavy atom. The van der Waals surface area contributed by atoms with E-state index in [1.807, 2.05) is 0 Å². The number of likely N-dealkylation sites (tertiary alicyclic amines) is 1. The zero-order chi connectivity index (χ0) is 13.1. The largest absolute Gasteiger partial charge is 0.380 e. The van der Waals surface area contributed by atoms with Crippen molar-refractivity contribution in [1.29, 1.82) is 0 Å². The summed E-state index contributed by atoms with van der Waals surface area (Å²) >= 11 is 0. The number of hydrogen-bond donors (Lipinski definition) is 1. The summed E-state index contributed by atoms with van der Waals surface area (Å²) in [7, 11) is 0. The minimum Gasteiger partial charge on any atom is -0.380 e. The highest BCUT2D eigenvalue weighted by atomic mass is 16.5. The van der Waals surface area contributed by atoms with Gasteiger partial charge in [-0.3, -0.25) is 9.69 Å². The molecule has 19 heavy (non-hydrogen) atoms. The Morgan fingerprint density at radius 3 is 2.53 bits per heavy atom.